The Labute approximate surface area is 167 Å². The Hall–Kier alpha value is -3.12. The Morgan fingerprint density at radius 1 is 1.07 bits per heavy atom. The number of amides is 2. The van der Waals surface area contributed by atoms with Gasteiger partial charge in [0.25, 0.3) is 5.91 Å². The highest BCUT2D eigenvalue weighted by molar-refractivity contribution is 6.34. The summed E-state index contributed by atoms with van der Waals surface area (Å²) in [6, 6.07) is 11.4. The molecule has 0 atom stereocenters. The number of carbonyl (C=O) groups is 2. The molecule has 0 aliphatic heterocycles. The maximum Gasteiger partial charge on any atom is 0.255 e. The Kier molecular flexibility index (Phi) is 5.51. The van der Waals surface area contributed by atoms with Gasteiger partial charge in [-0.2, -0.15) is 0 Å². The third kappa shape index (κ3) is 3.92. The molecule has 2 aromatic carbocycles. The molecule has 3 aromatic rings. The number of fused-ring (bicyclic) bond motifs is 1. The van der Waals surface area contributed by atoms with E-state index < -0.39 is 5.91 Å². The lowest BCUT2D eigenvalue weighted by molar-refractivity contribution is -0.114. The molecule has 28 heavy (non-hydrogen) atoms. The molecular weight excluding hydrogens is 378 g/mol. The minimum absolute atomic E-state index is 0.127. The van der Waals surface area contributed by atoms with Crippen LogP contribution in [-0.2, 0) is 11.3 Å². The average molecular weight is 398 g/mol. The van der Waals surface area contributed by atoms with Crippen molar-refractivity contribution in [3.8, 4) is 0 Å². The Morgan fingerprint density at radius 3 is 2.50 bits per heavy atom. The number of nitrogens with zero attached hydrogens (tertiary/aromatic N) is 1. The van der Waals surface area contributed by atoms with Gasteiger partial charge in [0, 0.05) is 41.9 Å². The number of aryl methyl sites for hydroxylation is 2. The molecule has 2 amide bonds. The first-order valence-electron chi connectivity index (χ1n) is 8.83. The van der Waals surface area contributed by atoms with Gasteiger partial charge in [0.2, 0.25) is 5.91 Å². The van der Waals surface area contributed by atoms with Gasteiger partial charge in [0.15, 0.2) is 5.43 Å². The number of hydrogen-bond donors (Lipinski definition) is 2. The normalized spacial score (nSPS) is 10.7. The number of benzene rings is 2. The zero-order valence-electron chi connectivity index (χ0n) is 15.8. The van der Waals surface area contributed by atoms with Crippen LogP contribution in [-0.4, -0.2) is 16.4 Å². The van der Waals surface area contributed by atoms with Crippen LogP contribution in [0.3, 0.4) is 0 Å². The summed E-state index contributed by atoms with van der Waals surface area (Å²) in [4.78, 5) is 36.3. The predicted octanol–water partition coefficient (Wildman–Crippen LogP) is 4.19. The molecule has 1 aromatic heterocycles. The summed E-state index contributed by atoms with van der Waals surface area (Å²) in [7, 11) is 0. The van der Waals surface area contributed by atoms with Crippen molar-refractivity contribution in [1.82, 2.24) is 4.57 Å². The molecule has 0 fully saturated rings. The number of rotatable bonds is 4. The molecule has 7 heteroatoms. The number of hydrogen-bond acceptors (Lipinski definition) is 3. The molecule has 0 bridgehead atoms. The van der Waals surface area contributed by atoms with Gasteiger partial charge in [0.1, 0.15) is 0 Å². The number of nitrogens with one attached hydrogen (secondary N) is 2. The van der Waals surface area contributed by atoms with Gasteiger partial charge in [-0.25, -0.2) is 0 Å². The molecule has 0 unspecified atom stereocenters. The fraction of sp³-hybridized carbons (Fsp3) is 0.190. The first kappa shape index (κ1) is 19.6. The Balaban J connectivity index is 1.96. The van der Waals surface area contributed by atoms with Crippen molar-refractivity contribution in [2.75, 3.05) is 10.6 Å². The van der Waals surface area contributed by atoms with E-state index in [9.17, 15) is 14.4 Å². The van der Waals surface area contributed by atoms with E-state index in [4.69, 9.17) is 11.6 Å². The first-order chi connectivity index (χ1) is 13.3. The molecule has 3 rings (SSSR count). The zero-order valence-corrected chi connectivity index (χ0v) is 16.6. The van der Waals surface area contributed by atoms with E-state index in [-0.39, 0.29) is 11.3 Å². The molecule has 1 heterocycles. The van der Waals surface area contributed by atoms with Crippen LogP contribution in [0.5, 0.6) is 0 Å². The number of pyridine rings is 1. The summed E-state index contributed by atoms with van der Waals surface area (Å²) < 4.78 is 2.02. The number of aromatic nitrogens is 1. The first-order valence-corrected chi connectivity index (χ1v) is 9.20. The summed E-state index contributed by atoms with van der Waals surface area (Å²) in [5.74, 6) is -0.622. The van der Waals surface area contributed by atoms with Crippen LogP contribution in [0.15, 0.2) is 47.3 Å². The molecule has 0 saturated heterocycles. The molecule has 0 radical (unpaired) electrons. The monoisotopic (exact) mass is 397 g/mol. The molecular formula is C21H20ClN3O3. The molecule has 0 aliphatic rings. The highest BCUT2D eigenvalue weighted by Crippen LogP contribution is 2.26. The van der Waals surface area contributed by atoms with Crippen LogP contribution < -0.4 is 16.1 Å². The van der Waals surface area contributed by atoms with E-state index in [1.807, 2.05) is 18.4 Å². The molecule has 6 nitrogen and oxygen atoms in total. The van der Waals surface area contributed by atoms with E-state index in [0.717, 1.165) is 17.8 Å². The van der Waals surface area contributed by atoms with Gasteiger partial charge < -0.3 is 15.2 Å². The van der Waals surface area contributed by atoms with Crippen molar-refractivity contribution in [2.24, 2.45) is 0 Å². The SMILES string of the molecule is CCn1c(C)cc(=O)c2cc(C(=O)Nc3cc(NC(C)=O)ccc3Cl)ccc21. The lowest BCUT2D eigenvalue weighted by Crippen LogP contribution is -2.15. The van der Waals surface area contributed by atoms with Gasteiger partial charge in [-0.1, -0.05) is 11.6 Å². The van der Waals surface area contributed by atoms with Gasteiger partial charge in [-0.15, -0.1) is 0 Å². The highest BCUT2D eigenvalue weighted by Gasteiger charge is 2.13. The molecule has 144 valence electrons. The van der Waals surface area contributed by atoms with Crippen LogP contribution in [0.1, 0.15) is 29.9 Å². The zero-order chi connectivity index (χ0) is 20.4. The van der Waals surface area contributed by atoms with Crippen molar-refractivity contribution in [2.45, 2.75) is 27.3 Å². The summed E-state index contributed by atoms with van der Waals surface area (Å²) in [6.45, 7) is 6.00. The summed E-state index contributed by atoms with van der Waals surface area (Å²) >= 11 is 6.16. The van der Waals surface area contributed by atoms with E-state index >= 15 is 0 Å². The second kappa shape index (κ2) is 7.86. The van der Waals surface area contributed by atoms with Gasteiger partial charge in [0.05, 0.1) is 16.2 Å². The second-order valence-corrected chi connectivity index (χ2v) is 6.86. The van der Waals surface area contributed by atoms with Gasteiger partial charge >= 0.3 is 0 Å². The highest BCUT2D eigenvalue weighted by atomic mass is 35.5. The fourth-order valence-electron chi connectivity index (χ4n) is 3.16. The second-order valence-electron chi connectivity index (χ2n) is 6.46. The van der Waals surface area contributed by atoms with Crippen molar-refractivity contribution in [3.63, 3.8) is 0 Å². The number of anilines is 2. The minimum atomic E-state index is -0.396. The average Bonchev–Trinajstić information content (AvgIpc) is 2.64. The van der Waals surface area contributed by atoms with Crippen LogP contribution in [0.25, 0.3) is 10.9 Å². The fourth-order valence-corrected chi connectivity index (χ4v) is 3.33. The molecule has 0 spiro atoms. The maximum atomic E-state index is 12.7. The molecule has 0 aliphatic carbocycles. The van der Waals surface area contributed by atoms with Crippen LogP contribution >= 0.6 is 11.6 Å². The molecule has 0 saturated carbocycles. The third-order valence-electron chi connectivity index (χ3n) is 4.43. The minimum Gasteiger partial charge on any atom is -0.345 e. The van der Waals surface area contributed by atoms with Crippen LogP contribution in [0.4, 0.5) is 11.4 Å². The lowest BCUT2D eigenvalue weighted by Gasteiger charge is -2.14. The van der Waals surface area contributed by atoms with E-state index in [1.54, 1.807) is 42.5 Å². The van der Waals surface area contributed by atoms with Crippen LogP contribution in [0, 0.1) is 6.92 Å². The standard InChI is InChI=1S/C21H20ClN3O3/c1-4-25-12(2)9-20(27)16-10-14(5-8-19(16)25)21(28)24-18-11-15(23-13(3)26)6-7-17(18)22/h5-11H,4H2,1-3H3,(H,23,26)(H,24,28). The largest absolute Gasteiger partial charge is 0.345 e. The third-order valence-corrected chi connectivity index (χ3v) is 4.76. The maximum absolute atomic E-state index is 12.7. The summed E-state index contributed by atoms with van der Waals surface area (Å²) in [5, 5.41) is 6.20. The van der Waals surface area contributed by atoms with Crippen molar-refractivity contribution in [1.29, 1.82) is 0 Å². The van der Waals surface area contributed by atoms with Gasteiger partial charge in [-0.05, 0) is 50.2 Å². The van der Waals surface area contributed by atoms with E-state index in [0.29, 0.717) is 27.3 Å². The lowest BCUT2D eigenvalue weighted by atomic mass is 10.1. The number of carbonyl (C=O) groups excluding carboxylic acids is 2. The summed E-state index contributed by atoms with van der Waals surface area (Å²) in [6.07, 6.45) is 0. The van der Waals surface area contributed by atoms with Crippen molar-refractivity contribution >= 4 is 45.7 Å². The van der Waals surface area contributed by atoms with Crippen LogP contribution in [0.2, 0.25) is 5.02 Å². The number of halogens is 1. The van der Waals surface area contributed by atoms with Crippen molar-refractivity contribution < 1.29 is 9.59 Å². The van der Waals surface area contributed by atoms with E-state index in [1.165, 1.54) is 6.92 Å². The quantitative estimate of drug-likeness (QED) is 0.692. The van der Waals surface area contributed by atoms with Gasteiger partial charge in [-0.3, -0.25) is 14.4 Å². The smallest absolute Gasteiger partial charge is 0.255 e. The van der Waals surface area contributed by atoms with Crippen molar-refractivity contribution in [3.05, 3.63) is 69.0 Å². The predicted molar refractivity (Wildman–Crippen MR) is 112 cm³/mol. The Bertz CT molecular complexity index is 1150. The Morgan fingerprint density at radius 2 is 1.82 bits per heavy atom. The van der Waals surface area contributed by atoms with E-state index in [2.05, 4.69) is 10.6 Å². The topological polar surface area (TPSA) is 80.2 Å². The molecule has 2 N–H and O–H groups in total. The summed E-state index contributed by atoms with van der Waals surface area (Å²) in [5.41, 5.74) is 2.77.